The fraction of sp³-hybridized carbons (Fsp3) is 0.786. The number of rotatable bonds is 7. The Balaban J connectivity index is 1.75. The van der Waals surface area contributed by atoms with Gasteiger partial charge in [-0.2, -0.15) is 5.26 Å². The van der Waals surface area contributed by atoms with Crippen molar-refractivity contribution in [1.29, 1.82) is 5.26 Å². The zero-order valence-corrected chi connectivity index (χ0v) is 13.2. The molecule has 1 atom stereocenters. The minimum Gasteiger partial charge on any atom is -0.296 e. The number of hydrogen-bond donors (Lipinski definition) is 2. The van der Waals surface area contributed by atoms with Gasteiger partial charge in [0.1, 0.15) is 5.54 Å². The molecule has 0 amide bonds. The van der Waals surface area contributed by atoms with Gasteiger partial charge >= 0.3 is 5.69 Å². The van der Waals surface area contributed by atoms with Crippen LogP contribution in [0.5, 0.6) is 0 Å². The summed E-state index contributed by atoms with van der Waals surface area (Å²) in [6.07, 6.45) is 4.29. The zero-order valence-electron chi connectivity index (χ0n) is 12.4. The highest BCUT2D eigenvalue weighted by Gasteiger charge is 2.46. The van der Waals surface area contributed by atoms with Crippen molar-refractivity contribution in [2.24, 2.45) is 5.92 Å². The molecule has 21 heavy (non-hydrogen) atoms. The van der Waals surface area contributed by atoms with Gasteiger partial charge in [-0.25, -0.2) is 9.89 Å². The lowest BCUT2D eigenvalue weighted by Crippen LogP contribution is -2.51. The average molecular weight is 307 g/mol. The molecule has 1 aromatic rings. The number of thioether (sulfide) groups is 1. The van der Waals surface area contributed by atoms with Crippen molar-refractivity contribution in [1.82, 2.24) is 20.1 Å². The van der Waals surface area contributed by atoms with Crippen LogP contribution in [-0.4, -0.2) is 32.1 Å². The van der Waals surface area contributed by atoms with E-state index < -0.39 is 5.54 Å². The van der Waals surface area contributed by atoms with E-state index in [1.54, 1.807) is 4.57 Å². The maximum Gasteiger partial charge on any atom is 0.344 e. The van der Waals surface area contributed by atoms with Crippen molar-refractivity contribution in [2.45, 2.75) is 62.3 Å². The van der Waals surface area contributed by atoms with Gasteiger partial charge in [-0.15, -0.1) is 5.10 Å². The Labute approximate surface area is 128 Å². The molecule has 0 aliphatic heterocycles. The van der Waals surface area contributed by atoms with E-state index in [1.165, 1.54) is 11.8 Å². The smallest absolute Gasteiger partial charge is 0.296 e. The molecule has 3 rings (SSSR count). The van der Waals surface area contributed by atoms with Crippen LogP contribution in [0.15, 0.2) is 9.95 Å². The van der Waals surface area contributed by atoms with Crippen LogP contribution in [0.25, 0.3) is 0 Å². The number of H-pyrrole nitrogens is 1. The summed E-state index contributed by atoms with van der Waals surface area (Å²) in [6, 6.07) is 3.05. The molecular weight excluding hydrogens is 286 g/mol. The summed E-state index contributed by atoms with van der Waals surface area (Å²) in [5.74, 6) is 1.04. The third kappa shape index (κ3) is 3.01. The number of hydrogen-bond acceptors (Lipinski definition) is 5. The summed E-state index contributed by atoms with van der Waals surface area (Å²) in [4.78, 5) is 11.8. The van der Waals surface area contributed by atoms with Crippen molar-refractivity contribution in [3.05, 3.63) is 10.5 Å². The Morgan fingerprint density at radius 1 is 1.52 bits per heavy atom. The molecule has 1 aromatic heterocycles. The van der Waals surface area contributed by atoms with Crippen LogP contribution in [0.3, 0.4) is 0 Å². The lowest BCUT2D eigenvalue weighted by atomic mass is 9.96. The lowest BCUT2D eigenvalue weighted by Gasteiger charge is -2.29. The molecule has 2 aliphatic carbocycles. The molecule has 0 saturated heterocycles. The maximum absolute atomic E-state index is 11.8. The largest absolute Gasteiger partial charge is 0.344 e. The summed E-state index contributed by atoms with van der Waals surface area (Å²) in [7, 11) is 0. The minimum absolute atomic E-state index is 0.134. The third-order valence-electron chi connectivity index (χ3n) is 4.03. The first-order valence-corrected chi connectivity index (χ1v) is 8.53. The Hall–Kier alpha value is -1.26. The Morgan fingerprint density at radius 2 is 2.24 bits per heavy atom. The fourth-order valence-electron chi connectivity index (χ4n) is 2.75. The molecule has 0 radical (unpaired) electrons. The first kappa shape index (κ1) is 14.7. The van der Waals surface area contributed by atoms with Crippen LogP contribution < -0.4 is 11.0 Å². The van der Waals surface area contributed by atoms with E-state index in [1.807, 2.05) is 0 Å². The zero-order chi connectivity index (χ0) is 15.0. The van der Waals surface area contributed by atoms with Crippen LogP contribution in [0, 0.1) is 17.2 Å². The fourth-order valence-corrected chi connectivity index (χ4v) is 3.97. The highest BCUT2D eigenvalue weighted by Crippen LogP contribution is 2.43. The maximum atomic E-state index is 11.8. The molecule has 2 N–H and O–H groups in total. The molecule has 1 unspecified atom stereocenters. The van der Waals surface area contributed by atoms with Crippen molar-refractivity contribution in [2.75, 3.05) is 5.75 Å². The van der Waals surface area contributed by atoms with Gasteiger partial charge in [0.2, 0.25) is 0 Å². The highest BCUT2D eigenvalue weighted by molar-refractivity contribution is 7.99. The first-order chi connectivity index (χ1) is 10.1. The summed E-state index contributed by atoms with van der Waals surface area (Å²) in [5.41, 5.74) is -0.645. The molecule has 1 heterocycles. The standard InChI is InChI=1S/C14H21N5OS/c1-9(2)16-14(7-15,10-3-4-10)8-21-13-18-17-12(20)19(13)11-5-6-11/h9-11,16H,3-6,8H2,1-2H3,(H,17,20). The molecule has 7 heteroatoms. The minimum atomic E-state index is -0.512. The van der Waals surface area contributed by atoms with Crippen LogP contribution in [0.4, 0.5) is 0 Å². The Bertz CT molecular complexity index is 608. The number of aromatic nitrogens is 3. The lowest BCUT2D eigenvalue weighted by molar-refractivity contribution is 0.370. The molecule has 0 bridgehead atoms. The van der Waals surface area contributed by atoms with Crippen LogP contribution in [-0.2, 0) is 0 Å². The van der Waals surface area contributed by atoms with Crippen molar-refractivity contribution < 1.29 is 0 Å². The van der Waals surface area contributed by atoms with E-state index in [-0.39, 0.29) is 11.7 Å². The third-order valence-corrected chi connectivity index (χ3v) is 5.18. The quantitative estimate of drug-likeness (QED) is 0.748. The number of nitriles is 1. The highest BCUT2D eigenvalue weighted by atomic mass is 32.2. The van der Waals surface area contributed by atoms with Gasteiger partial charge in [0.15, 0.2) is 5.16 Å². The molecule has 2 aliphatic rings. The van der Waals surface area contributed by atoms with E-state index in [0.29, 0.717) is 22.9 Å². The summed E-state index contributed by atoms with van der Waals surface area (Å²) in [5, 5.41) is 20.5. The second-order valence-electron chi connectivity index (χ2n) is 6.36. The number of aromatic amines is 1. The van der Waals surface area contributed by atoms with Gasteiger partial charge in [-0.05, 0) is 45.4 Å². The molecule has 0 spiro atoms. The second-order valence-corrected chi connectivity index (χ2v) is 7.30. The van der Waals surface area contributed by atoms with E-state index in [9.17, 15) is 10.1 Å². The monoisotopic (exact) mass is 307 g/mol. The molecule has 2 fully saturated rings. The molecule has 2 saturated carbocycles. The predicted octanol–water partition coefficient (Wildman–Crippen LogP) is 1.67. The van der Waals surface area contributed by atoms with Crippen molar-refractivity contribution in [3.63, 3.8) is 0 Å². The summed E-state index contributed by atoms with van der Waals surface area (Å²) in [6.45, 7) is 4.13. The Morgan fingerprint density at radius 3 is 2.76 bits per heavy atom. The summed E-state index contributed by atoms with van der Waals surface area (Å²) >= 11 is 1.51. The van der Waals surface area contributed by atoms with E-state index >= 15 is 0 Å². The second kappa shape index (κ2) is 5.50. The average Bonchev–Trinajstić information content (AvgIpc) is 3.33. The molecular formula is C14H21N5OS. The van der Waals surface area contributed by atoms with Gasteiger partial charge in [0.25, 0.3) is 0 Å². The molecule has 6 nitrogen and oxygen atoms in total. The van der Waals surface area contributed by atoms with Gasteiger partial charge in [-0.3, -0.25) is 9.88 Å². The molecule has 0 aromatic carbocycles. The summed E-state index contributed by atoms with van der Waals surface area (Å²) < 4.78 is 1.75. The van der Waals surface area contributed by atoms with Crippen molar-refractivity contribution in [3.8, 4) is 6.07 Å². The van der Waals surface area contributed by atoms with Gasteiger partial charge in [0.05, 0.1) is 6.07 Å². The predicted molar refractivity (Wildman–Crippen MR) is 81.2 cm³/mol. The SMILES string of the molecule is CC(C)NC(C#N)(CSc1n[nH]c(=O)n1C1CC1)C1CC1. The van der Waals surface area contributed by atoms with Gasteiger partial charge in [-0.1, -0.05) is 11.8 Å². The van der Waals surface area contributed by atoms with Crippen LogP contribution in [0.2, 0.25) is 0 Å². The normalized spacial score (nSPS) is 21.2. The number of nitrogens with zero attached hydrogens (tertiary/aromatic N) is 3. The van der Waals surface area contributed by atoms with Crippen molar-refractivity contribution >= 4 is 11.8 Å². The van der Waals surface area contributed by atoms with Crippen LogP contribution >= 0.6 is 11.8 Å². The van der Waals surface area contributed by atoms with Gasteiger partial charge in [0, 0.05) is 17.8 Å². The van der Waals surface area contributed by atoms with E-state index in [4.69, 9.17) is 0 Å². The van der Waals surface area contributed by atoms with E-state index in [2.05, 4.69) is 35.4 Å². The Kier molecular flexibility index (Phi) is 3.84. The van der Waals surface area contributed by atoms with Crippen LogP contribution in [0.1, 0.15) is 45.6 Å². The van der Waals surface area contributed by atoms with Gasteiger partial charge < -0.3 is 0 Å². The first-order valence-electron chi connectivity index (χ1n) is 7.54. The number of nitrogens with one attached hydrogen (secondary N) is 2. The van der Waals surface area contributed by atoms with E-state index in [0.717, 1.165) is 25.7 Å². The topological polar surface area (TPSA) is 86.5 Å². The molecule has 114 valence electrons.